The van der Waals surface area contributed by atoms with E-state index in [0.29, 0.717) is 6.10 Å². The highest BCUT2D eigenvalue weighted by atomic mass is 16.5. The summed E-state index contributed by atoms with van der Waals surface area (Å²) in [4.78, 5) is 0. The van der Waals surface area contributed by atoms with Crippen LogP contribution in [0.25, 0.3) is 0 Å². The molecule has 1 saturated heterocycles. The largest absolute Gasteiger partial charge is 0.378 e. The van der Waals surface area contributed by atoms with Gasteiger partial charge in [0.15, 0.2) is 0 Å². The van der Waals surface area contributed by atoms with Crippen LogP contribution in [0.15, 0.2) is 36.9 Å². The molecule has 2 unspecified atom stereocenters. The first kappa shape index (κ1) is 18.7. The third kappa shape index (κ3) is 5.45. The van der Waals surface area contributed by atoms with E-state index in [2.05, 4.69) is 43.8 Å². The van der Waals surface area contributed by atoms with E-state index in [9.17, 15) is 0 Å². The first-order valence-corrected chi connectivity index (χ1v) is 10.6. The first-order valence-electron chi connectivity index (χ1n) is 10.6. The first-order chi connectivity index (χ1) is 12.3. The van der Waals surface area contributed by atoms with Gasteiger partial charge in [0.2, 0.25) is 0 Å². The minimum Gasteiger partial charge on any atom is -0.378 e. The number of aryl methyl sites for hydroxylation is 2. The molecule has 0 spiro atoms. The molecule has 0 N–H and O–H groups in total. The van der Waals surface area contributed by atoms with Gasteiger partial charge in [0.1, 0.15) is 0 Å². The number of ether oxygens (including phenoxy) is 1. The van der Waals surface area contributed by atoms with Gasteiger partial charge in [0, 0.05) is 0 Å². The molecule has 1 aliphatic carbocycles. The number of hydrogen-bond donors (Lipinski definition) is 0. The average Bonchev–Trinajstić information content (AvgIpc) is 2.68. The summed E-state index contributed by atoms with van der Waals surface area (Å²) in [5, 5.41) is 0. The molecular weight excluding hydrogens is 304 g/mol. The van der Waals surface area contributed by atoms with Gasteiger partial charge in [-0.2, -0.15) is 0 Å². The Morgan fingerprint density at radius 2 is 1.56 bits per heavy atom. The second kappa shape index (κ2) is 9.57. The van der Waals surface area contributed by atoms with Crippen molar-refractivity contribution in [1.29, 1.82) is 0 Å². The molecule has 1 heterocycles. The number of rotatable bonds is 7. The Kier molecular flexibility index (Phi) is 7.16. The SMILES string of the molecule is C=CC1CCC(C2CCC(CCc3ccc(CCC)cc3)OC2)CC1. The Balaban J connectivity index is 1.37. The molecule has 1 saturated carbocycles. The predicted octanol–water partition coefficient (Wildman–Crippen LogP) is 6.36. The minimum atomic E-state index is 0.482. The van der Waals surface area contributed by atoms with Crippen molar-refractivity contribution in [3.63, 3.8) is 0 Å². The summed E-state index contributed by atoms with van der Waals surface area (Å²) in [5.41, 5.74) is 2.93. The summed E-state index contributed by atoms with van der Waals surface area (Å²) in [5.74, 6) is 2.50. The summed E-state index contributed by atoms with van der Waals surface area (Å²) >= 11 is 0. The smallest absolute Gasteiger partial charge is 0.0578 e. The Morgan fingerprint density at radius 3 is 2.12 bits per heavy atom. The van der Waals surface area contributed by atoms with Gasteiger partial charge in [-0.15, -0.1) is 6.58 Å². The van der Waals surface area contributed by atoms with Crippen molar-refractivity contribution in [3.05, 3.63) is 48.0 Å². The Morgan fingerprint density at radius 1 is 0.920 bits per heavy atom. The summed E-state index contributed by atoms with van der Waals surface area (Å²) in [7, 11) is 0. The Bertz CT molecular complexity index is 501. The molecule has 1 aliphatic heterocycles. The van der Waals surface area contributed by atoms with Crippen molar-refractivity contribution in [3.8, 4) is 0 Å². The standard InChI is InChI=1S/C24H36O/c1-3-5-20-6-8-21(9-7-20)12-16-24-17-15-23(18-25-24)22-13-10-19(4-2)11-14-22/h4,6-9,19,22-24H,2-3,5,10-18H2,1H3. The predicted molar refractivity (Wildman–Crippen MR) is 107 cm³/mol. The molecule has 2 atom stereocenters. The summed E-state index contributed by atoms with van der Waals surface area (Å²) in [6.07, 6.45) is 15.5. The van der Waals surface area contributed by atoms with E-state index in [1.54, 1.807) is 0 Å². The van der Waals surface area contributed by atoms with Crippen LogP contribution in [0.5, 0.6) is 0 Å². The lowest BCUT2D eigenvalue weighted by atomic mass is 9.74. The molecule has 0 bridgehead atoms. The van der Waals surface area contributed by atoms with Crippen LogP contribution in [0.3, 0.4) is 0 Å². The van der Waals surface area contributed by atoms with Crippen LogP contribution in [-0.4, -0.2) is 12.7 Å². The molecule has 1 heteroatoms. The number of benzene rings is 1. The van der Waals surface area contributed by atoms with Crippen molar-refractivity contribution in [2.75, 3.05) is 6.61 Å². The monoisotopic (exact) mass is 340 g/mol. The van der Waals surface area contributed by atoms with Gasteiger partial charge in [0.25, 0.3) is 0 Å². The third-order valence-corrected chi connectivity index (χ3v) is 6.54. The molecule has 138 valence electrons. The maximum atomic E-state index is 6.26. The van der Waals surface area contributed by atoms with E-state index in [0.717, 1.165) is 30.8 Å². The Labute approximate surface area is 154 Å². The molecule has 0 radical (unpaired) electrons. The van der Waals surface area contributed by atoms with Gasteiger partial charge >= 0.3 is 0 Å². The zero-order valence-electron chi connectivity index (χ0n) is 16.1. The lowest BCUT2D eigenvalue weighted by Gasteiger charge is -2.37. The maximum Gasteiger partial charge on any atom is 0.0578 e. The molecule has 0 amide bonds. The van der Waals surface area contributed by atoms with Gasteiger partial charge in [-0.1, -0.05) is 43.7 Å². The van der Waals surface area contributed by atoms with Gasteiger partial charge in [-0.05, 0) is 86.7 Å². The van der Waals surface area contributed by atoms with Gasteiger partial charge in [-0.25, -0.2) is 0 Å². The molecule has 2 fully saturated rings. The molecule has 25 heavy (non-hydrogen) atoms. The van der Waals surface area contributed by atoms with Gasteiger partial charge in [-0.3, -0.25) is 0 Å². The summed E-state index contributed by atoms with van der Waals surface area (Å²) < 4.78 is 6.26. The quantitative estimate of drug-likeness (QED) is 0.525. The normalized spacial score (nSPS) is 30.1. The molecular formula is C24H36O. The van der Waals surface area contributed by atoms with Crippen molar-refractivity contribution >= 4 is 0 Å². The number of hydrogen-bond acceptors (Lipinski definition) is 1. The van der Waals surface area contributed by atoms with Crippen LogP contribution in [0.2, 0.25) is 0 Å². The molecule has 3 rings (SSSR count). The second-order valence-electron chi connectivity index (χ2n) is 8.31. The van der Waals surface area contributed by atoms with E-state index < -0.39 is 0 Å². The van der Waals surface area contributed by atoms with Crippen LogP contribution >= 0.6 is 0 Å². The van der Waals surface area contributed by atoms with E-state index in [1.165, 1.54) is 68.9 Å². The van der Waals surface area contributed by atoms with Crippen molar-refractivity contribution in [1.82, 2.24) is 0 Å². The highest BCUT2D eigenvalue weighted by Crippen LogP contribution is 2.38. The molecule has 1 aromatic carbocycles. The molecule has 0 aromatic heterocycles. The van der Waals surface area contributed by atoms with Crippen LogP contribution in [0, 0.1) is 17.8 Å². The van der Waals surface area contributed by atoms with Crippen molar-refractivity contribution in [2.24, 2.45) is 17.8 Å². The second-order valence-corrected chi connectivity index (χ2v) is 8.31. The van der Waals surface area contributed by atoms with Crippen LogP contribution in [0.1, 0.15) is 69.4 Å². The lowest BCUT2D eigenvalue weighted by molar-refractivity contribution is -0.0409. The van der Waals surface area contributed by atoms with Gasteiger partial charge < -0.3 is 4.74 Å². The zero-order valence-corrected chi connectivity index (χ0v) is 16.1. The fourth-order valence-corrected chi connectivity index (χ4v) is 4.77. The van der Waals surface area contributed by atoms with Gasteiger partial charge in [0.05, 0.1) is 12.7 Å². The van der Waals surface area contributed by atoms with E-state index >= 15 is 0 Å². The topological polar surface area (TPSA) is 9.23 Å². The fraction of sp³-hybridized carbons (Fsp3) is 0.667. The highest BCUT2D eigenvalue weighted by Gasteiger charge is 2.30. The molecule has 2 aliphatic rings. The third-order valence-electron chi connectivity index (χ3n) is 6.54. The van der Waals surface area contributed by atoms with E-state index in [4.69, 9.17) is 4.74 Å². The van der Waals surface area contributed by atoms with Crippen LogP contribution < -0.4 is 0 Å². The maximum absolute atomic E-state index is 6.26. The minimum absolute atomic E-state index is 0.482. The highest BCUT2D eigenvalue weighted by molar-refractivity contribution is 5.22. The lowest BCUT2D eigenvalue weighted by Crippen LogP contribution is -2.32. The summed E-state index contributed by atoms with van der Waals surface area (Å²) in [6.45, 7) is 7.21. The summed E-state index contributed by atoms with van der Waals surface area (Å²) in [6, 6.07) is 9.23. The fourth-order valence-electron chi connectivity index (χ4n) is 4.77. The zero-order chi connectivity index (χ0) is 17.5. The van der Waals surface area contributed by atoms with Crippen molar-refractivity contribution in [2.45, 2.75) is 77.2 Å². The van der Waals surface area contributed by atoms with E-state index in [-0.39, 0.29) is 0 Å². The van der Waals surface area contributed by atoms with E-state index in [1.807, 2.05) is 0 Å². The Hall–Kier alpha value is -1.08. The van der Waals surface area contributed by atoms with Crippen molar-refractivity contribution < 1.29 is 4.74 Å². The molecule has 1 nitrogen and oxygen atoms in total. The average molecular weight is 341 g/mol. The molecule has 1 aromatic rings. The number of allylic oxidation sites excluding steroid dienone is 1. The van der Waals surface area contributed by atoms with Crippen LogP contribution in [0.4, 0.5) is 0 Å². The van der Waals surface area contributed by atoms with Crippen LogP contribution in [-0.2, 0) is 17.6 Å².